The van der Waals surface area contributed by atoms with Gasteiger partial charge in [-0.05, 0) is 18.2 Å². The highest BCUT2D eigenvalue weighted by molar-refractivity contribution is 7.99. The van der Waals surface area contributed by atoms with Crippen LogP contribution >= 0.6 is 11.8 Å². The SMILES string of the molecule is O=C(O)c1cn(-c2ccccc2)c2nc(N3CCSCC3)c(F)cc2c1=O. The van der Waals surface area contributed by atoms with Crippen molar-refractivity contribution in [2.45, 2.75) is 0 Å². The van der Waals surface area contributed by atoms with Gasteiger partial charge < -0.3 is 14.6 Å². The van der Waals surface area contributed by atoms with Crippen LogP contribution in [0.15, 0.2) is 47.4 Å². The Labute approximate surface area is 158 Å². The molecule has 1 saturated heterocycles. The summed E-state index contributed by atoms with van der Waals surface area (Å²) in [5, 5.41) is 9.34. The van der Waals surface area contributed by atoms with Crippen molar-refractivity contribution in [3.63, 3.8) is 0 Å². The fourth-order valence-corrected chi connectivity index (χ4v) is 4.05. The number of aromatic carboxylic acids is 1. The largest absolute Gasteiger partial charge is 0.477 e. The molecule has 1 aliphatic heterocycles. The molecular weight excluding hydrogens is 369 g/mol. The van der Waals surface area contributed by atoms with E-state index in [1.54, 1.807) is 36.0 Å². The Morgan fingerprint density at radius 2 is 1.89 bits per heavy atom. The summed E-state index contributed by atoms with van der Waals surface area (Å²) in [4.78, 5) is 30.4. The standard InChI is InChI=1S/C19H16FN3O3S/c20-15-10-13-16(24)14(19(25)26)11-23(12-4-2-1-3-5-12)17(13)21-18(15)22-6-8-27-9-7-22/h1-5,10-11H,6-9H2,(H,25,26). The molecule has 4 rings (SSSR count). The first kappa shape index (κ1) is 17.5. The zero-order valence-electron chi connectivity index (χ0n) is 14.3. The zero-order chi connectivity index (χ0) is 19.0. The molecule has 1 aromatic carbocycles. The molecular formula is C19H16FN3O3S. The van der Waals surface area contributed by atoms with Gasteiger partial charge >= 0.3 is 5.97 Å². The Hall–Kier alpha value is -2.87. The van der Waals surface area contributed by atoms with Gasteiger partial charge in [0, 0.05) is 36.5 Å². The smallest absolute Gasteiger partial charge is 0.341 e. The first-order chi connectivity index (χ1) is 13.1. The molecule has 8 heteroatoms. The van der Waals surface area contributed by atoms with Crippen molar-refractivity contribution in [1.82, 2.24) is 9.55 Å². The molecule has 3 heterocycles. The molecule has 2 aromatic heterocycles. The maximum absolute atomic E-state index is 14.7. The Bertz CT molecular complexity index is 1080. The van der Waals surface area contributed by atoms with Crippen molar-refractivity contribution in [3.8, 4) is 5.69 Å². The van der Waals surface area contributed by atoms with Gasteiger partial charge in [0.15, 0.2) is 17.3 Å². The molecule has 0 aliphatic carbocycles. The number of carboxylic acids is 1. The quantitative estimate of drug-likeness (QED) is 0.747. The minimum atomic E-state index is -1.36. The van der Waals surface area contributed by atoms with Crippen molar-refractivity contribution in [2.75, 3.05) is 29.5 Å². The van der Waals surface area contributed by atoms with Gasteiger partial charge in [0.25, 0.3) is 0 Å². The average molecular weight is 385 g/mol. The van der Waals surface area contributed by atoms with Crippen LogP contribution in [0.25, 0.3) is 16.7 Å². The third-order valence-corrected chi connectivity index (χ3v) is 5.43. The van der Waals surface area contributed by atoms with Crippen LogP contribution in [0.4, 0.5) is 10.2 Å². The summed E-state index contributed by atoms with van der Waals surface area (Å²) in [6, 6.07) is 10.1. The van der Waals surface area contributed by atoms with Crippen LogP contribution in [0.1, 0.15) is 10.4 Å². The molecule has 0 atom stereocenters. The highest BCUT2D eigenvalue weighted by atomic mass is 32.2. The highest BCUT2D eigenvalue weighted by Crippen LogP contribution is 2.25. The van der Waals surface area contributed by atoms with E-state index < -0.39 is 22.8 Å². The van der Waals surface area contributed by atoms with Crippen molar-refractivity contribution in [2.24, 2.45) is 0 Å². The molecule has 1 fully saturated rings. The predicted octanol–water partition coefficient (Wildman–Crippen LogP) is 2.78. The van der Waals surface area contributed by atoms with Crippen molar-refractivity contribution in [3.05, 3.63) is 64.2 Å². The summed E-state index contributed by atoms with van der Waals surface area (Å²) in [5.41, 5.74) is -0.276. The van der Waals surface area contributed by atoms with E-state index in [0.717, 1.165) is 17.6 Å². The van der Waals surface area contributed by atoms with Crippen LogP contribution in [-0.2, 0) is 0 Å². The lowest BCUT2D eigenvalue weighted by atomic mass is 10.1. The van der Waals surface area contributed by atoms with Crippen molar-refractivity contribution in [1.29, 1.82) is 0 Å². The van der Waals surface area contributed by atoms with Crippen LogP contribution in [0.5, 0.6) is 0 Å². The number of carbonyl (C=O) groups is 1. The predicted molar refractivity (Wildman–Crippen MR) is 104 cm³/mol. The second-order valence-electron chi connectivity index (χ2n) is 6.15. The Kier molecular flexibility index (Phi) is 4.57. The molecule has 3 aromatic rings. The summed E-state index contributed by atoms with van der Waals surface area (Å²) in [7, 11) is 0. The third kappa shape index (κ3) is 3.16. The number of carboxylic acid groups (broad SMARTS) is 1. The van der Waals surface area contributed by atoms with Crippen LogP contribution in [0, 0.1) is 5.82 Å². The van der Waals surface area contributed by atoms with Crippen LogP contribution in [0.2, 0.25) is 0 Å². The Morgan fingerprint density at radius 3 is 2.56 bits per heavy atom. The molecule has 27 heavy (non-hydrogen) atoms. The minimum absolute atomic E-state index is 0.0496. The van der Waals surface area contributed by atoms with E-state index in [2.05, 4.69) is 4.98 Å². The number of nitrogens with zero attached hydrogens (tertiary/aromatic N) is 3. The first-order valence-electron chi connectivity index (χ1n) is 8.43. The number of anilines is 1. The van der Waals surface area contributed by atoms with Gasteiger partial charge in [0.2, 0.25) is 5.43 Å². The van der Waals surface area contributed by atoms with E-state index in [9.17, 15) is 19.1 Å². The van der Waals surface area contributed by atoms with Crippen LogP contribution < -0.4 is 10.3 Å². The molecule has 0 radical (unpaired) electrons. The number of thioether (sulfide) groups is 1. The summed E-state index contributed by atoms with van der Waals surface area (Å²) in [5.74, 6) is -0.0294. The molecule has 0 bridgehead atoms. The second kappa shape index (κ2) is 7.03. The number of pyridine rings is 2. The number of hydrogen-bond donors (Lipinski definition) is 1. The summed E-state index contributed by atoms with van der Waals surface area (Å²) in [6.45, 7) is 1.34. The number of aromatic nitrogens is 2. The molecule has 1 aliphatic rings. The molecule has 0 amide bonds. The molecule has 138 valence electrons. The fraction of sp³-hybridized carbons (Fsp3) is 0.211. The van der Waals surface area contributed by atoms with E-state index in [1.165, 1.54) is 10.8 Å². The van der Waals surface area contributed by atoms with E-state index in [0.29, 0.717) is 18.8 Å². The monoisotopic (exact) mass is 385 g/mol. The average Bonchev–Trinajstić information content (AvgIpc) is 2.69. The summed E-state index contributed by atoms with van der Waals surface area (Å²) >= 11 is 1.80. The molecule has 1 N–H and O–H groups in total. The number of para-hydroxylation sites is 1. The van der Waals surface area contributed by atoms with Crippen LogP contribution in [0.3, 0.4) is 0 Å². The third-order valence-electron chi connectivity index (χ3n) is 4.49. The fourth-order valence-electron chi connectivity index (χ4n) is 3.15. The van der Waals surface area contributed by atoms with Gasteiger partial charge in [-0.3, -0.25) is 4.79 Å². The maximum Gasteiger partial charge on any atom is 0.341 e. The van der Waals surface area contributed by atoms with Gasteiger partial charge in [-0.15, -0.1) is 0 Å². The number of hydrogen-bond acceptors (Lipinski definition) is 5. The van der Waals surface area contributed by atoms with E-state index in [-0.39, 0.29) is 16.9 Å². The first-order valence-corrected chi connectivity index (χ1v) is 9.59. The van der Waals surface area contributed by atoms with Gasteiger partial charge in [0.05, 0.1) is 5.39 Å². The van der Waals surface area contributed by atoms with Crippen molar-refractivity contribution >= 4 is 34.6 Å². The summed E-state index contributed by atoms with van der Waals surface area (Å²) in [6.07, 6.45) is 1.25. The van der Waals surface area contributed by atoms with E-state index >= 15 is 0 Å². The normalized spacial score (nSPS) is 14.5. The topological polar surface area (TPSA) is 75.4 Å². The van der Waals surface area contributed by atoms with Gasteiger partial charge in [-0.25, -0.2) is 14.2 Å². The lowest BCUT2D eigenvalue weighted by molar-refractivity contribution is 0.0695. The number of fused-ring (bicyclic) bond motifs is 1. The lowest BCUT2D eigenvalue weighted by Crippen LogP contribution is -2.34. The Balaban J connectivity index is 2.02. The van der Waals surface area contributed by atoms with Gasteiger partial charge in [0.1, 0.15) is 5.56 Å². The van der Waals surface area contributed by atoms with Crippen LogP contribution in [-0.4, -0.2) is 45.2 Å². The lowest BCUT2D eigenvalue weighted by Gasteiger charge is -2.28. The maximum atomic E-state index is 14.7. The van der Waals surface area contributed by atoms with E-state index in [1.807, 2.05) is 11.0 Å². The Morgan fingerprint density at radius 1 is 1.19 bits per heavy atom. The van der Waals surface area contributed by atoms with E-state index in [4.69, 9.17) is 0 Å². The minimum Gasteiger partial charge on any atom is -0.477 e. The highest BCUT2D eigenvalue weighted by Gasteiger charge is 2.22. The molecule has 0 spiro atoms. The van der Waals surface area contributed by atoms with Gasteiger partial charge in [-0.1, -0.05) is 18.2 Å². The molecule has 0 unspecified atom stereocenters. The number of rotatable bonds is 3. The number of halogens is 1. The number of benzene rings is 1. The van der Waals surface area contributed by atoms with Gasteiger partial charge in [-0.2, -0.15) is 11.8 Å². The zero-order valence-corrected chi connectivity index (χ0v) is 15.1. The molecule has 6 nitrogen and oxygen atoms in total. The van der Waals surface area contributed by atoms with Crippen molar-refractivity contribution < 1.29 is 14.3 Å². The summed E-state index contributed by atoms with van der Waals surface area (Å²) < 4.78 is 16.3. The molecule has 0 saturated carbocycles. The second-order valence-corrected chi connectivity index (χ2v) is 7.37.